The summed E-state index contributed by atoms with van der Waals surface area (Å²) >= 11 is 0. The lowest BCUT2D eigenvalue weighted by atomic mass is 9.70. The third kappa shape index (κ3) is 3.60. The molecule has 5 rings (SSSR count). The molecule has 2 N–H and O–H groups in total. The summed E-state index contributed by atoms with van der Waals surface area (Å²) in [4.78, 5) is 23.4. The first kappa shape index (κ1) is 18.5. The van der Waals surface area contributed by atoms with Crippen molar-refractivity contribution in [2.45, 2.75) is 37.8 Å². The molecule has 2 aliphatic carbocycles. The van der Waals surface area contributed by atoms with Gasteiger partial charge in [0.2, 0.25) is 5.96 Å². The zero-order valence-corrected chi connectivity index (χ0v) is 16.4. The zero-order chi connectivity index (χ0) is 19.8. The van der Waals surface area contributed by atoms with Crippen molar-refractivity contribution >= 4 is 23.3 Å². The number of hydrogen-bond donors (Lipinski definition) is 2. The summed E-state index contributed by atoms with van der Waals surface area (Å²) in [6.07, 6.45) is 5.93. The third-order valence-corrected chi connectivity index (χ3v) is 6.40. The Bertz CT molecular complexity index is 901. The van der Waals surface area contributed by atoms with Crippen molar-refractivity contribution in [2.24, 2.45) is 15.9 Å². The Morgan fingerprint density at radius 2 is 2.10 bits per heavy atom. The van der Waals surface area contributed by atoms with Gasteiger partial charge in [0.25, 0.3) is 0 Å². The molecule has 2 aliphatic heterocycles. The van der Waals surface area contributed by atoms with E-state index in [9.17, 15) is 9.90 Å². The molecular formula is C22H26N4O3. The van der Waals surface area contributed by atoms with Crippen molar-refractivity contribution < 1.29 is 14.6 Å². The van der Waals surface area contributed by atoms with Crippen LogP contribution in [-0.2, 0) is 9.53 Å². The molecule has 1 saturated carbocycles. The maximum absolute atomic E-state index is 11.4. The van der Waals surface area contributed by atoms with Crippen LogP contribution in [0.3, 0.4) is 0 Å². The molecule has 1 aromatic carbocycles. The molecule has 1 saturated heterocycles. The van der Waals surface area contributed by atoms with Crippen LogP contribution in [0.4, 0.5) is 5.69 Å². The summed E-state index contributed by atoms with van der Waals surface area (Å²) < 4.78 is 5.50. The predicted molar refractivity (Wildman–Crippen MR) is 112 cm³/mol. The van der Waals surface area contributed by atoms with Gasteiger partial charge < -0.3 is 15.2 Å². The van der Waals surface area contributed by atoms with E-state index in [1.807, 2.05) is 24.3 Å². The molecule has 0 aromatic heterocycles. The van der Waals surface area contributed by atoms with Gasteiger partial charge in [-0.2, -0.15) is 0 Å². The monoisotopic (exact) mass is 394 g/mol. The van der Waals surface area contributed by atoms with Crippen LogP contribution >= 0.6 is 0 Å². The molecule has 0 radical (unpaired) electrons. The van der Waals surface area contributed by atoms with Crippen molar-refractivity contribution in [1.82, 2.24) is 4.90 Å². The summed E-state index contributed by atoms with van der Waals surface area (Å²) in [5.74, 6) is -0.235. The summed E-state index contributed by atoms with van der Waals surface area (Å²) in [6, 6.07) is 8.04. The van der Waals surface area contributed by atoms with Gasteiger partial charge in [-0.3, -0.25) is 9.69 Å². The first-order valence-electron chi connectivity index (χ1n) is 10.5. The van der Waals surface area contributed by atoms with Crippen LogP contribution in [-0.4, -0.2) is 60.1 Å². The van der Waals surface area contributed by atoms with Crippen molar-refractivity contribution in [2.75, 3.05) is 31.6 Å². The van der Waals surface area contributed by atoms with Gasteiger partial charge in [0.15, 0.2) is 0 Å². The lowest BCUT2D eigenvalue weighted by molar-refractivity contribution is -0.145. The van der Waals surface area contributed by atoms with Crippen LogP contribution in [0.1, 0.15) is 37.2 Å². The molecule has 2 fully saturated rings. The fraction of sp³-hybridized carbons (Fsp3) is 0.500. The average Bonchev–Trinajstić information content (AvgIpc) is 3.15. The Labute approximate surface area is 170 Å². The molecule has 0 bridgehead atoms. The summed E-state index contributed by atoms with van der Waals surface area (Å²) in [6.45, 7) is 3.23. The Balaban J connectivity index is 1.37. The number of aliphatic imine (C=N–C) groups is 2. The number of nitrogens with one attached hydrogen (secondary N) is 1. The fourth-order valence-corrected chi connectivity index (χ4v) is 4.67. The van der Waals surface area contributed by atoms with Gasteiger partial charge in [0, 0.05) is 24.4 Å². The molecule has 1 aromatic rings. The number of carbonyl (C=O) groups is 1. The topological polar surface area (TPSA) is 86.5 Å². The molecule has 0 spiro atoms. The number of fused-ring (bicyclic) bond motifs is 1. The van der Waals surface area contributed by atoms with E-state index in [0.29, 0.717) is 5.96 Å². The second kappa shape index (κ2) is 7.72. The molecule has 3 atom stereocenters. The lowest BCUT2D eigenvalue weighted by Crippen LogP contribution is -2.46. The number of rotatable bonds is 4. The van der Waals surface area contributed by atoms with Gasteiger partial charge in [-0.05, 0) is 49.3 Å². The number of guanidine groups is 1. The minimum absolute atomic E-state index is 0.00241. The van der Waals surface area contributed by atoms with Gasteiger partial charge in [0.1, 0.15) is 6.17 Å². The van der Waals surface area contributed by atoms with Crippen molar-refractivity contribution in [3.8, 4) is 0 Å². The number of morpholine rings is 1. The maximum Gasteiger partial charge on any atom is 0.307 e. The highest BCUT2D eigenvalue weighted by molar-refractivity contribution is 6.13. The first-order valence-corrected chi connectivity index (χ1v) is 10.5. The second-order valence-electron chi connectivity index (χ2n) is 8.11. The largest absolute Gasteiger partial charge is 0.481 e. The summed E-state index contributed by atoms with van der Waals surface area (Å²) in [7, 11) is 0. The van der Waals surface area contributed by atoms with E-state index >= 15 is 0 Å². The molecule has 29 heavy (non-hydrogen) atoms. The second-order valence-corrected chi connectivity index (χ2v) is 8.11. The number of carboxylic acids is 1. The normalized spacial score (nSPS) is 29.2. The van der Waals surface area contributed by atoms with E-state index in [2.05, 4.69) is 16.3 Å². The number of carboxylic acid groups (broad SMARTS) is 1. The minimum atomic E-state index is -0.698. The van der Waals surface area contributed by atoms with Gasteiger partial charge in [-0.15, -0.1) is 0 Å². The number of anilines is 1. The molecule has 3 unspecified atom stereocenters. The predicted octanol–water partition coefficient (Wildman–Crippen LogP) is 2.87. The van der Waals surface area contributed by atoms with E-state index < -0.39 is 5.97 Å². The summed E-state index contributed by atoms with van der Waals surface area (Å²) in [5.41, 5.74) is 4.35. The van der Waals surface area contributed by atoms with Crippen LogP contribution in [0.15, 0.2) is 45.9 Å². The van der Waals surface area contributed by atoms with Crippen LogP contribution in [0.5, 0.6) is 0 Å². The Hall–Kier alpha value is -2.51. The van der Waals surface area contributed by atoms with E-state index in [1.54, 1.807) is 0 Å². The third-order valence-electron chi connectivity index (χ3n) is 6.40. The van der Waals surface area contributed by atoms with Crippen molar-refractivity contribution in [1.29, 1.82) is 0 Å². The number of aliphatic carboxylic acids is 1. The van der Waals surface area contributed by atoms with Gasteiger partial charge in [-0.1, -0.05) is 18.2 Å². The molecule has 7 nitrogen and oxygen atoms in total. The van der Waals surface area contributed by atoms with Crippen LogP contribution in [0.2, 0.25) is 0 Å². The smallest absolute Gasteiger partial charge is 0.307 e. The van der Waals surface area contributed by atoms with Gasteiger partial charge >= 0.3 is 5.97 Å². The molecule has 152 valence electrons. The molecule has 7 heteroatoms. The first-order chi connectivity index (χ1) is 14.2. The van der Waals surface area contributed by atoms with Gasteiger partial charge in [-0.25, -0.2) is 9.98 Å². The molecule has 4 aliphatic rings. The number of allylic oxidation sites excluding steroid dienone is 1. The van der Waals surface area contributed by atoms with Crippen molar-refractivity contribution in [3.63, 3.8) is 0 Å². The van der Waals surface area contributed by atoms with Crippen LogP contribution in [0.25, 0.3) is 0 Å². The molecule has 2 heterocycles. The van der Waals surface area contributed by atoms with E-state index in [4.69, 9.17) is 14.7 Å². The Morgan fingerprint density at radius 1 is 1.24 bits per heavy atom. The molecule has 0 amide bonds. The standard InChI is InChI=1S/C22H26N4O3/c27-21(28)17-8-7-16(17)14-3-1-4-15(13-14)23-22-24-19-6-2-5-18(19)20(25-22)26-9-11-29-12-10-26/h1,3-5,13,16-17,20H,2,6-12H2,(H,23,25)(H,27,28). The SMILES string of the molecule is O=C(O)C1CCC1c1cccc(NC2=NC(N3CCOCC3)C3=CCCC3=N2)c1. The quantitative estimate of drug-likeness (QED) is 0.820. The van der Waals surface area contributed by atoms with Crippen LogP contribution in [0, 0.1) is 5.92 Å². The number of hydrogen-bond acceptors (Lipinski definition) is 6. The van der Waals surface area contributed by atoms with Crippen molar-refractivity contribution in [3.05, 3.63) is 41.5 Å². The van der Waals surface area contributed by atoms with Gasteiger partial charge in [0.05, 0.1) is 24.8 Å². The van der Waals surface area contributed by atoms with E-state index in [1.165, 1.54) is 5.57 Å². The van der Waals surface area contributed by atoms with E-state index in [0.717, 1.165) is 68.9 Å². The van der Waals surface area contributed by atoms with Crippen LogP contribution < -0.4 is 5.32 Å². The molecular weight excluding hydrogens is 368 g/mol. The highest BCUT2D eigenvalue weighted by atomic mass is 16.5. The lowest BCUT2D eigenvalue weighted by Gasteiger charge is -2.35. The minimum Gasteiger partial charge on any atom is -0.481 e. The fourth-order valence-electron chi connectivity index (χ4n) is 4.67. The maximum atomic E-state index is 11.4. The highest BCUT2D eigenvalue weighted by Gasteiger charge is 2.37. The number of nitrogens with zero attached hydrogens (tertiary/aromatic N) is 3. The Kier molecular flexibility index (Phi) is 4.93. The van der Waals surface area contributed by atoms with E-state index in [-0.39, 0.29) is 18.0 Å². The summed E-state index contributed by atoms with van der Waals surface area (Å²) in [5, 5.41) is 12.7. The number of ether oxygens (including phenoxy) is 1. The number of benzene rings is 1. The Morgan fingerprint density at radius 3 is 2.86 bits per heavy atom. The average molecular weight is 394 g/mol. The zero-order valence-electron chi connectivity index (χ0n) is 16.4. The highest BCUT2D eigenvalue weighted by Crippen LogP contribution is 2.43.